The molecular weight excluding hydrogens is 264 g/mol. The Balaban J connectivity index is 1.85. The topological polar surface area (TPSA) is 57.5 Å². The van der Waals surface area contributed by atoms with Crippen molar-refractivity contribution in [2.75, 3.05) is 0 Å². The van der Waals surface area contributed by atoms with Crippen LogP contribution in [0.5, 0.6) is 5.75 Å². The summed E-state index contributed by atoms with van der Waals surface area (Å²) in [5, 5.41) is 20.4. The molecule has 3 aliphatic rings. The predicted octanol–water partition coefficient (Wildman–Crippen LogP) is 2.79. The van der Waals surface area contributed by atoms with Crippen LogP contribution >= 0.6 is 0 Å². The molecule has 0 saturated heterocycles. The van der Waals surface area contributed by atoms with Gasteiger partial charge in [0.25, 0.3) is 0 Å². The van der Waals surface area contributed by atoms with Crippen molar-refractivity contribution in [1.82, 2.24) is 0 Å². The summed E-state index contributed by atoms with van der Waals surface area (Å²) >= 11 is 0. The second kappa shape index (κ2) is 4.33. The molecule has 3 nitrogen and oxygen atoms in total. The van der Waals surface area contributed by atoms with Crippen molar-refractivity contribution in [3.63, 3.8) is 0 Å². The van der Waals surface area contributed by atoms with E-state index in [1.165, 1.54) is 0 Å². The van der Waals surface area contributed by atoms with Crippen LogP contribution in [0.3, 0.4) is 0 Å². The third-order valence-electron chi connectivity index (χ3n) is 5.76. The summed E-state index contributed by atoms with van der Waals surface area (Å²) in [4.78, 5) is 12.5. The van der Waals surface area contributed by atoms with Gasteiger partial charge in [0.2, 0.25) is 0 Å². The molecule has 0 amide bonds. The number of phenolic OH excluding ortho intramolecular Hbond substituents is 1. The Bertz CT molecular complexity index is 822. The zero-order valence-corrected chi connectivity index (χ0v) is 11.9. The van der Waals surface area contributed by atoms with E-state index in [-0.39, 0.29) is 29.7 Å². The molecule has 0 heterocycles. The molecule has 112 valence electrons. The van der Waals surface area contributed by atoms with Crippen molar-refractivity contribution in [2.24, 2.45) is 17.3 Å². The fourth-order valence-electron chi connectivity index (χ4n) is 4.62. The number of carbonyl (C=O) groups is 1. The van der Waals surface area contributed by atoms with Crippen molar-refractivity contribution in [3.8, 4) is 5.75 Å². The average molecular weight is 291 g/mol. The molecule has 2 N–H and O–H groups in total. The number of ketones is 1. The number of aliphatic hydroxyl groups is 1. The van der Waals surface area contributed by atoms with E-state index in [9.17, 15) is 15.0 Å². The second-order valence-corrected chi connectivity index (χ2v) is 6.76. The molecule has 0 unspecified atom stereocenters. The molecule has 1 aromatic rings. The Morgan fingerprint density at radius 3 is 3.14 bits per heavy atom. The Morgan fingerprint density at radius 1 is 1.52 bits per heavy atom. The lowest BCUT2D eigenvalue weighted by Gasteiger charge is -2.49. The van der Waals surface area contributed by atoms with E-state index in [2.05, 4.69) is 0 Å². The number of carbonyl (C=O) groups excluding carboxylic acids is 1. The maximum absolute atomic E-state index is 12.5. The van der Waals surface area contributed by atoms with E-state index in [0.29, 0.717) is 31.2 Å². The van der Waals surface area contributed by atoms with Crippen LogP contribution in [0, 0.1) is 17.3 Å². The van der Waals surface area contributed by atoms with Crippen molar-refractivity contribution >= 4 is 5.78 Å². The van der Waals surface area contributed by atoms with Crippen LogP contribution in [-0.2, 0) is 11.2 Å². The Labute approximate surface area is 132 Å². The highest BCUT2D eigenvalue weighted by Gasteiger charge is 2.57. The molecule has 0 bridgehead atoms. The minimum atomic E-state index is -2.44. The molecule has 5 atom stereocenters. The zero-order chi connectivity index (χ0) is 19.2. The maximum Gasteiger partial charge on any atom is 0.162 e. The van der Waals surface area contributed by atoms with Crippen molar-refractivity contribution in [3.05, 3.63) is 29.3 Å². The van der Waals surface area contributed by atoms with Gasteiger partial charge in [-0.25, -0.2) is 0 Å². The predicted molar refractivity (Wildman–Crippen MR) is 79.1 cm³/mol. The highest BCUT2D eigenvalue weighted by atomic mass is 16.3. The van der Waals surface area contributed by atoms with Crippen LogP contribution in [0.2, 0.25) is 0 Å². The third-order valence-corrected chi connectivity index (χ3v) is 5.76. The van der Waals surface area contributed by atoms with Crippen LogP contribution in [0.4, 0.5) is 0 Å². The second-order valence-electron chi connectivity index (χ2n) is 6.76. The van der Waals surface area contributed by atoms with Gasteiger partial charge in [-0.05, 0) is 66.6 Å². The first-order valence-electron chi connectivity index (χ1n) is 10.0. The molecule has 21 heavy (non-hydrogen) atoms. The van der Waals surface area contributed by atoms with Gasteiger partial charge >= 0.3 is 0 Å². The number of Topliss-reactive ketones (excluding diaryl/α,β-unsaturated/α-hetero) is 1. The fourth-order valence-corrected chi connectivity index (χ4v) is 4.62. The standard InChI is InChI=1S/C18H22O3/c1-18-7-6-13-12-5-3-11(19)8-10(12)2-4-14(13)15(18)9-16(20)17(18)21/h3,5,8,13-15,17,19,21H,2,4,6-7,9H2,1H3/t13-,14-,15+,17+,18+/m1/s1/i3D,8D,9D2,17D. The van der Waals surface area contributed by atoms with Crippen molar-refractivity contribution < 1.29 is 21.9 Å². The molecule has 2 fully saturated rings. The van der Waals surface area contributed by atoms with Crippen LogP contribution < -0.4 is 0 Å². The van der Waals surface area contributed by atoms with Gasteiger partial charge in [-0.1, -0.05) is 13.0 Å². The summed E-state index contributed by atoms with van der Waals surface area (Å²) in [6.07, 6.45) is -2.86. The molecule has 0 aromatic heterocycles. The lowest BCUT2D eigenvalue weighted by molar-refractivity contribution is -0.128. The Kier molecular flexibility index (Phi) is 1.84. The lowest BCUT2D eigenvalue weighted by atomic mass is 9.55. The molecule has 3 aliphatic carbocycles. The average Bonchev–Trinajstić information content (AvgIpc) is 2.68. The van der Waals surface area contributed by atoms with Crippen LogP contribution in [-0.4, -0.2) is 22.1 Å². The van der Waals surface area contributed by atoms with Gasteiger partial charge in [0.05, 0.1) is 4.11 Å². The number of aromatic hydroxyl groups is 1. The van der Waals surface area contributed by atoms with Gasteiger partial charge in [-0.15, -0.1) is 0 Å². The summed E-state index contributed by atoms with van der Waals surface area (Å²) in [7, 11) is 0. The summed E-state index contributed by atoms with van der Waals surface area (Å²) in [5.41, 5.74) is 0.311. The van der Waals surface area contributed by atoms with Crippen LogP contribution in [0.1, 0.15) is 56.5 Å². The quantitative estimate of drug-likeness (QED) is 0.773. The monoisotopic (exact) mass is 291 g/mol. The van der Waals surface area contributed by atoms with Gasteiger partial charge in [-0.2, -0.15) is 0 Å². The van der Waals surface area contributed by atoms with Gasteiger partial charge in [0.15, 0.2) is 5.78 Å². The molecule has 4 rings (SSSR count). The third kappa shape index (κ3) is 1.73. The molecular formula is C18H22O3. The highest BCUT2D eigenvalue weighted by molar-refractivity contribution is 5.86. The summed E-state index contributed by atoms with van der Waals surface area (Å²) in [6.45, 7) is 1.64. The molecule has 0 radical (unpaired) electrons. The molecule has 0 spiro atoms. The normalized spacial score (nSPS) is 50.7. The van der Waals surface area contributed by atoms with Crippen molar-refractivity contribution in [2.45, 2.75) is 51.0 Å². The number of hydrogen-bond donors (Lipinski definition) is 2. The fraction of sp³-hybridized carbons (Fsp3) is 0.611. The van der Waals surface area contributed by atoms with Crippen molar-refractivity contribution in [1.29, 1.82) is 0 Å². The van der Waals surface area contributed by atoms with E-state index >= 15 is 0 Å². The molecule has 1 aromatic carbocycles. The Hall–Kier alpha value is -1.35. The minimum Gasteiger partial charge on any atom is -0.508 e. The van der Waals surface area contributed by atoms with Crippen LogP contribution in [0.15, 0.2) is 18.2 Å². The molecule has 2 saturated carbocycles. The van der Waals surface area contributed by atoms with Gasteiger partial charge in [0, 0.05) is 14.5 Å². The van der Waals surface area contributed by atoms with E-state index in [4.69, 9.17) is 6.85 Å². The highest BCUT2D eigenvalue weighted by Crippen LogP contribution is 2.60. The van der Waals surface area contributed by atoms with E-state index in [0.717, 1.165) is 5.56 Å². The van der Waals surface area contributed by atoms with Gasteiger partial charge in [0.1, 0.15) is 11.8 Å². The number of hydrogen-bond acceptors (Lipinski definition) is 3. The summed E-state index contributed by atoms with van der Waals surface area (Å²) in [5.74, 6) is -2.56. The first-order chi connectivity index (χ1) is 11.9. The van der Waals surface area contributed by atoms with E-state index in [1.54, 1.807) is 13.0 Å². The first-order valence-corrected chi connectivity index (χ1v) is 7.53. The van der Waals surface area contributed by atoms with Crippen LogP contribution in [0.25, 0.3) is 0 Å². The molecule has 0 aliphatic heterocycles. The number of benzene rings is 1. The summed E-state index contributed by atoms with van der Waals surface area (Å²) < 4.78 is 40.9. The Morgan fingerprint density at radius 2 is 2.33 bits per heavy atom. The number of fused-ring (bicyclic) bond motifs is 5. The minimum absolute atomic E-state index is 0.0400. The largest absolute Gasteiger partial charge is 0.508 e. The van der Waals surface area contributed by atoms with E-state index < -0.39 is 29.6 Å². The maximum atomic E-state index is 12.5. The zero-order valence-electron chi connectivity index (χ0n) is 16.9. The van der Waals surface area contributed by atoms with Gasteiger partial charge in [-0.3, -0.25) is 4.79 Å². The number of rotatable bonds is 0. The van der Waals surface area contributed by atoms with E-state index in [1.807, 2.05) is 0 Å². The SMILES string of the molecule is [2H]c1cc2c(c([2H])c1O)CC[C@@H]1[C@@H]2CC[C@@]2(C)[C@H]1C([2H])([2H])C(=O)[C@]2([2H])O. The molecule has 3 heteroatoms. The summed E-state index contributed by atoms with van der Waals surface area (Å²) in [6, 6.07) is 1.40. The smallest absolute Gasteiger partial charge is 0.162 e. The lowest BCUT2D eigenvalue weighted by Crippen LogP contribution is -2.44. The van der Waals surface area contributed by atoms with Gasteiger partial charge < -0.3 is 10.2 Å². The first kappa shape index (κ1) is 8.94. The number of phenols is 1.